The zero-order valence-electron chi connectivity index (χ0n) is 12.8. The number of amides is 1. The van der Waals surface area contributed by atoms with Crippen molar-refractivity contribution in [3.8, 4) is 0 Å². The number of benzene rings is 1. The van der Waals surface area contributed by atoms with Gasteiger partial charge in [-0.15, -0.1) is 0 Å². The highest BCUT2D eigenvalue weighted by Gasteiger charge is 2.04. The average molecular weight is 298 g/mol. The normalized spacial score (nSPS) is 10.2. The molecule has 0 bridgehead atoms. The second-order valence-corrected chi connectivity index (χ2v) is 5.20. The fourth-order valence-electron chi connectivity index (χ4n) is 2.11. The van der Waals surface area contributed by atoms with Crippen molar-refractivity contribution < 1.29 is 4.79 Å². The van der Waals surface area contributed by atoms with Crippen LogP contribution in [0.4, 0.5) is 11.5 Å². The van der Waals surface area contributed by atoms with E-state index in [0.717, 1.165) is 24.9 Å². The van der Waals surface area contributed by atoms with Gasteiger partial charge in [-0.2, -0.15) is 0 Å². The van der Waals surface area contributed by atoms with Gasteiger partial charge in [0.25, 0.3) is 5.91 Å². The summed E-state index contributed by atoms with van der Waals surface area (Å²) in [5.74, 6) is 0.692. The Morgan fingerprint density at radius 3 is 2.77 bits per heavy atom. The van der Waals surface area contributed by atoms with Gasteiger partial charge in [0.1, 0.15) is 5.82 Å². The lowest BCUT2D eigenvalue weighted by Gasteiger charge is -2.08. The maximum absolute atomic E-state index is 11.9. The number of rotatable bonds is 7. The molecule has 1 amide bonds. The number of nitrogens with zero attached hydrogens (tertiary/aromatic N) is 1. The molecule has 5 heteroatoms. The molecule has 0 fully saturated rings. The molecule has 1 aromatic heterocycles. The van der Waals surface area contributed by atoms with Gasteiger partial charge in [0, 0.05) is 24.8 Å². The van der Waals surface area contributed by atoms with E-state index in [4.69, 9.17) is 5.73 Å². The van der Waals surface area contributed by atoms with E-state index in [1.165, 1.54) is 0 Å². The molecule has 0 aliphatic heterocycles. The van der Waals surface area contributed by atoms with Gasteiger partial charge in [-0.05, 0) is 44.0 Å². The Morgan fingerprint density at radius 2 is 2.00 bits per heavy atom. The van der Waals surface area contributed by atoms with Gasteiger partial charge in [-0.3, -0.25) is 4.79 Å². The lowest BCUT2D eigenvalue weighted by molar-refractivity contribution is 0.0953. The molecule has 4 N–H and O–H groups in total. The maximum atomic E-state index is 11.9. The molecule has 1 heterocycles. The van der Waals surface area contributed by atoms with Crippen LogP contribution in [0.2, 0.25) is 0 Å². The summed E-state index contributed by atoms with van der Waals surface area (Å²) in [4.78, 5) is 16.1. The van der Waals surface area contributed by atoms with Crippen LogP contribution in [0.15, 0.2) is 42.6 Å². The first-order valence-corrected chi connectivity index (χ1v) is 7.46. The van der Waals surface area contributed by atoms with Crippen LogP contribution in [0.1, 0.15) is 28.8 Å². The average Bonchev–Trinajstić information content (AvgIpc) is 2.52. The molecule has 0 atom stereocenters. The van der Waals surface area contributed by atoms with Gasteiger partial charge in [-0.25, -0.2) is 4.98 Å². The van der Waals surface area contributed by atoms with Crippen molar-refractivity contribution in [2.45, 2.75) is 19.8 Å². The van der Waals surface area contributed by atoms with Crippen molar-refractivity contribution in [1.82, 2.24) is 10.3 Å². The summed E-state index contributed by atoms with van der Waals surface area (Å²) < 4.78 is 0. The predicted molar refractivity (Wildman–Crippen MR) is 89.9 cm³/mol. The van der Waals surface area contributed by atoms with E-state index >= 15 is 0 Å². The molecule has 2 aromatic rings. The topological polar surface area (TPSA) is 80.0 Å². The number of hydrogen-bond acceptors (Lipinski definition) is 4. The van der Waals surface area contributed by atoms with Crippen LogP contribution in [0, 0.1) is 6.92 Å². The van der Waals surface area contributed by atoms with Crippen LogP contribution in [0.5, 0.6) is 0 Å². The first-order chi connectivity index (χ1) is 10.7. The summed E-state index contributed by atoms with van der Waals surface area (Å²) in [5.41, 5.74) is 8.24. The van der Waals surface area contributed by atoms with Crippen LogP contribution in [0.25, 0.3) is 0 Å². The summed E-state index contributed by atoms with van der Waals surface area (Å²) in [6.07, 6.45) is 3.54. The maximum Gasteiger partial charge on any atom is 0.251 e. The van der Waals surface area contributed by atoms with Crippen LogP contribution < -0.4 is 16.4 Å². The number of anilines is 2. The van der Waals surface area contributed by atoms with Gasteiger partial charge < -0.3 is 16.4 Å². The van der Waals surface area contributed by atoms with Crippen molar-refractivity contribution in [3.05, 3.63) is 53.7 Å². The van der Waals surface area contributed by atoms with Crippen molar-refractivity contribution in [3.63, 3.8) is 0 Å². The number of unbranched alkanes of at least 4 members (excludes halogenated alkanes) is 1. The van der Waals surface area contributed by atoms with E-state index < -0.39 is 0 Å². The van der Waals surface area contributed by atoms with Gasteiger partial charge in [0.2, 0.25) is 0 Å². The molecule has 0 unspecified atom stereocenters. The third-order valence-corrected chi connectivity index (χ3v) is 3.30. The number of nitrogen functional groups attached to an aromatic ring is 1. The number of aromatic nitrogens is 1. The van der Waals surface area contributed by atoms with Gasteiger partial charge in [0.15, 0.2) is 0 Å². The number of hydrogen-bond donors (Lipinski definition) is 3. The molecule has 0 aliphatic carbocycles. The Bertz CT molecular complexity index is 628. The predicted octanol–water partition coefficient (Wildman–Crippen LogP) is 2.59. The number of carbonyl (C=O) groups is 1. The number of pyridine rings is 1. The molecule has 22 heavy (non-hydrogen) atoms. The van der Waals surface area contributed by atoms with Crippen LogP contribution >= 0.6 is 0 Å². The summed E-state index contributed by atoms with van der Waals surface area (Å²) in [7, 11) is 0. The minimum Gasteiger partial charge on any atom is -0.396 e. The number of nitrogens with one attached hydrogen (secondary N) is 2. The SMILES string of the molecule is Cc1cccc(C(=O)NCCCCNc2ncccc2N)c1. The highest BCUT2D eigenvalue weighted by atomic mass is 16.1. The van der Waals surface area contributed by atoms with Gasteiger partial charge in [0.05, 0.1) is 5.69 Å². The minimum absolute atomic E-state index is 0.0226. The molecule has 0 saturated carbocycles. The zero-order chi connectivity index (χ0) is 15.8. The lowest BCUT2D eigenvalue weighted by atomic mass is 10.1. The van der Waals surface area contributed by atoms with Crippen LogP contribution in [0.3, 0.4) is 0 Å². The van der Waals surface area contributed by atoms with Crippen molar-refractivity contribution in [2.75, 3.05) is 24.1 Å². The monoisotopic (exact) mass is 298 g/mol. The Kier molecular flexibility index (Phi) is 5.77. The van der Waals surface area contributed by atoms with Crippen molar-refractivity contribution in [2.24, 2.45) is 0 Å². The Balaban J connectivity index is 1.63. The molecule has 0 radical (unpaired) electrons. The molecule has 0 saturated heterocycles. The fraction of sp³-hybridized carbons (Fsp3) is 0.294. The molecule has 116 valence electrons. The minimum atomic E-state index is -0.0226. The van der Waals surface area contributed by atoms with Gasteiger partial charge in [-0.1, -0.05) is 17.7 Å². The lowest BCUT2D eigenvalue weighted by Crippen LogP contribution is -2.24. The smallest absolute Gasteiger partial charge is 0.251 e. The molecule has 0 spiro atoms. The fourth-order valence-corrected chi connectivity index (χ4v) is 2.11. The number of nitrogens with two attached hydrogens (primary N) is 1. The molecule has 2 rings (SSSR count). The first kappa shape index (κ1) is 15.8. The molecule has 0 aliphatic rings. The summed E-state index contributed by atoms with van der Waals surface area (Å²) in [6.45, 7) is 3.42. The first-order valence-electron chi connectivity index (χ1n) is 7.46. The van der Waals surface area contributed by atoms with E-state index in [1.807, 2.05) is 37.3 Å². The second-order valence-electron chi connectivity index (χ2n) is 5.20. The third-order valence-electron chi connectivity index (χ3n) is 3.30. The highest BCUT2D eigenvalue weighted by Crippen LogP contribution is 2.12. The Morgan fingerprint density at radius 1 is 1.18 bits per heavy atom. The third kappa shape index (κ3) is 4.77. The number of carbonyl (C=O) groups excluding carboxylic acids is 1. The van der Waals surface area contributed by atoms with Crippen molar-refractivity contribution in [1.29, 1.82) is 0 Å². The summed E-state index contributed by atoms with van der Waals surface area (Å²) in [6, 6.07) is 11.2. The van der Waals surface area contributed by atoms with E-state index in [1.54, 1.807) is 12.3 Å². The Hall–Kier alpha value is -2.56. The standard InChI is InChI=1S/C17H22N4O/c1-13-6-4-7-14(12-13)17(22)21-10-3-2-9-19-16-15(18)8-5-11-20-16/h4-8,11-12H,2-3,9-10,18H2,1H3,(H,19,20)(H,21,22). The van der Waals surface area contributed by atoms with Crippen molar-refractivity contribution >= 4 is 17.4 Å². The molecule has 5 nitrogen and oxygen atoms in total. The van der Waals surface area contributed by atoms with E-state index in [-0.39, 0.29) is 5.91 Å². The molecule has 1 aromatic carbocycles. The van der Waals surface area contributed by atoms with Gasteiger partial charge >= 0.3 is 0 Å². The zero-order valence-corrected chi connectivity index (χ0v) is 12.8. The van der Waals surface area contributed by atoms with E-state index in [2.05, 4.69) is 15.6 Å². The van der Waals surface area contributed by atoms with Crippen LogP contribution in [-0.4, -0.2) is 24.0 Å². The van der Waals surface area contributed by atoms with Crippen LogP contribution in [-0.2, 0) is 0 Å². The summed E-state index contributed by atoms with van der Waals surface area (Å²) >= 11 is 0. The van der Waals surface area contributed by atoms with E-state index in [9.17, 15) is 4.79 Å². The molecular formula is C17H22N4O. The number of aryl methyl sites for hydroxylation is 1. The second kappa shape index (κ2) is 8.02. The largest absolute Gasteiger partial charge is 0.396 e. The Labute approximate surface area is 130 Å². The highest BCUT2D eigenvalue weighted by molar-refractivity contribution is 5.94. The van der Waals surface area contributed by atoms with E-state index in [0.29, 0.717) is 23.6 Å². The quantitative estimate of drug-likeness (QED) is 0.686. The molecular weight excluding hydrogens is 276 g/mol. The summed E-state index contributed by atoms with van der Waals surface area (Å²) in [5, 5.41) is 6.12.